The van der Waals surface area contributed by atoms with Gasteiger partial charge in [0, 0.05) is 26.1 Å². The molecule has 4 heteroatoms. The van der Waals surface area contributed by atoms with Gasteiger partial charge in [-0.1, -0.05) is 13.8 Å². The molecule has 1 heterocycles. The van der Waals surface area contributed by atoms with Gasteiger partial charge in [0.25, 0.3) is 0 Å². The van der Waals surface area contributed by atoms with Crippen LogP contribution in [0.15, 0.2) is 18.2 Å². The highest BCUT2D eigenvalue weighted by molar-refractivity contribution is 5.77. The summed E-state index contributed by atoms with van der Waals surface area (Å²) in [6.07, 6.45) is 0.945. The number of hydrogen-bond acceptors (Lipinski definition) is 3. The number of nitrogens with zero attached hydrogens (tertiary/aromatic N) is 2. The normalized spacial score (nSPS) is 11.4. The predicted octanol–water partition coefficient (Wildman–Crippen LogP) is 2.37. The summed E-state index contributed by atoms with van der Waals surface area (Å²) in [6, 6.07) is 6.03. The number of aromatic nitrogens is 2. The number of nitrogens with one attached hydrogen (secondary N) is 1. The Bertz CT molecular complexity index is 546. The highest BCUT2D eigenvalue weighted by Crippen LogP contribution is 2.20. The average molecular weight is 261 g/mol. The maximum atomic E-state index is 5.23. The van der Waals surface area contributed by atoms with Gasteiger partial charge in [-0.15, -0.1) is 0 Å². The van der Waals surface area contributed by atoms with Gasteiger partial charge in [-0.2, -0.15) is 0 Å². The van der Waals surface area contributed by atoms with Crippen LogP contribution in [0.3, 0.4) is 0 Å². The lowest BCUT2D eigenvalue weighted by atomic mass is 10.2. The van der Waals surface area contributed by atoms with E-state index in [4.69, 9.17) is 4.74 Å². The Morgan fingerprint density at radius 3 is 2.84 bits per heavy atom. The predicted molar refractivity (Wildman–Crippen MR) is 78.7 cm³/mol. The Morgan fingerprint density at radius 1 is 1.37 bits per heavy atom. The second-order valence-corrected chi connectivity index (χ2v) is 5.29. The summed E-state index contributed by atoms with van der Waals surface area (Å²) in [5.74, 6) is 2.65. The minimum absolute atomic E-state index is 0.685. The monoisotopic (exact) mass is 261 g/mol. The minimum atomic E-state index is 0.685. The molecule has 0 unspecified atom stereocenters. The maximum absolute atomic E-state index is 5.23. The van der Waals surface area contributed by atoms with E-state index in [0.717, 1.165) is 42.1 Å². The van der Waals surface area contributed by atoms with E-state index in [1.807, 2.05) is 12.1 Å². The minimum Gasteiger partial charge on any atom is -0.497 e. The topological polar surface area (TPSA) is 39.1 Å². The molecule has 19 heavy (non-hydrogen) atoms. The van der Waals surface area contributed by atoms with E-state index in [2.05, 4.69) is 41.8 Å². The molecule has 0 atom stereocenters. The van der Waals surface area contributed by atoms with Crippen molar-refractivity contribution in [1.82, 2.24) is 14.9 Å². The average Bonchev–Trinajstić information content (AvgIpc) is 2.71. The fourth-order valence-corrected chi connectivity index (χ4v) is 2.17. The van der Waals surface area contributed by atoms with Gasteiger partial charge in [-0.05, 0) is 24.6 Å². The summed E-state index contributed by atoms with van der Waals surface area (Å²) in [4.78, 5) is 4.68. The van der Waals surface area contributed by atoms with Crippen LogP contribution in [0.1, 0.15) is 19.7 Å². The highest BCUT2D eigenvalue weighted by Gasteiger charge is 2.08. The van der Waals surface area contributed by atoms with Crippen molar-refractivity contribution in [3.63, 3.8) is 0 Å². The van der Waals surface area contributed by atoms with Gasteiger partial charge >= 0.3 is 0 Å². The molecule has 2 rings (SSSR count). The SMILES string of the molecule is COc1ccc2c(c1)nc(CCNCC(C)C)n2C. The molecule has 0 saturated heterocycles. The van der Waals surface area contributed by atoms with Crippen molar-refractivity contribution in [3.05, 3.63) is 24.0 Å². The lowest BCUT2D eigenvalue weighted by molar-refractivity contribution is 0.415. The molecule has 1 N–H and O–H groups in total. The van der Waals surface area contributed by atoms with Gasteiger partial charge in [-0.25, -0.2) is 4.98 Å². The van der Waals surface area contributed by atoms with E-state index < -0.39 is 0 Å². The van der Waals surface area contributed by atoms with Crippen molar-refractivity contribution in [2.75, 3.05) is 20.2 Å². The molecular weight excluding hydrogens is 238 g/mol. The Morgan fingerprint density at radius 2 is 2.16 bits per heavy atom. The van der Waals surface area contributed by atoms with E-state index in [1.165, 1.54) is 0 Å². The first-order valence-corrected chi connectivity index (χ1v) is 6.82. The summed E-state index contributed by atoms with van der Waals surface area (Å²) in [7, 11) is 3.75. The van der Waals surface area contributed by atoms with Crippen LogP contribution in [0.2, 0.25) is 0 Å². The number of imidazole rings is 1. The van der Waals surface area contributed by atoms with E-state index in [9.17, 15) is 0 Å². The fraction of sp³-hybridized carbons (Fsp3) is 0.533. The maximum Gasteiger partial charge on any atom is 0.121 e. The van der Waals surface area contributed by atoms with Crippen LogP contribution in [0.4, 0.5) is 0 Å². The van der Waals surface area contributed by atoms with E-state index >= 15 is 0 Å². The second-order valence-electron chi connectivity index (χ2n) is 5.29. The van der Waals surface area contributed by atoms with Gasteiger partial charge in [0.05, 0.1) is 18.1 Å². The van der Waals surface area contributed by atoms with Gasteiger partial charge in [0.2, 0.25) is 0 Å². The van der Waals surface area contributed by atoms with Gasteiger partial charge in [-0.3, -0.25) is 0 Å². The Labute approximate surface area is 114 Å². The van der Waals surface area contributed by atoms with Crippen LogP contribution in [-0.2, 0) is 13.5 Å². The number of hydrogen-bond donors (Lipinski definition) is 1. The number of rotatable bonds is 6. The Balaban J connectivity index is 2.09. The largest absolute Gasteiger partial charge is 0.497 e. The first-order chi connectivity index (χ1) is 9.11. The van der Waals surface area contributed by atoms with Crippen molar-refractivity contribution >= 4 is 11.0 Å². The molecule has 0 aliphatic heterocycles. The third-order valence-corrected chi connectivity index (χ3v) is 3.26. The molecule has 104 valence electrons. The van der Waals surface area contributed by atoms with Crippen LogP contribution in [0.5, 0.6) is 5.75 Å². The van der Waals surface area contributed by atoms with E-state index in [0.29, 0.717) is 5.92 Å². The molecule has 4 nitrogen and oxygen atoms in total. The van der Waals surface area contributed by atoms with Gasteiger partial charge in [0.1, 0.15) is 11.6 Å². The summed E-state index contributed by atoms with van der Waals surface area (Å²) in [5, 5.41) is 3.45. The molecule has 0 aliphatic carbocycles. The highest BCUT2D eigenvalue weighted by atomic mass is 16.5. The second kappa shape index (κ2) is 6.06. The third-order valence-electron chi connectivity index (χ3n) is 3.26. The molecule has 0 fully saturated rings. The van der Waals surface area contributed by atoms with Crippen molar-refractivity contribution < 1.29 is 4.74 Å². The van der Waals surface area contributed by atoms with Crippen molar-refractivity contribution in [2.24, 2.45) is 13.0 Å². The summed E-state index contributed by atoms with van der Waals surface area (Å²) in [6.45, 7) is 6.45. The van der Waals surface area contributed by atoms with Crippen LogP contribution < -0.4 is 10.1 Å². The van der Waals surface area contributed by atoms with Crippen molar-refractivity contribution in [3.8, 4) is 5.75 Å². The van der Waals surface area contributed by atoms with E-state index in [-0.39, 0.29) is 0 Å². The summed E-state index contributed by atoms with van der Waals surface area (Å²) < 4.78 is 7.39. The molecule has 0 amide bonds. The number of ether oxygens (including phenoxy) is 1. The number of methoxy groups -OCH3 is 1. The molecular formula is C15H23N3O. The molecule has 0 spiro atoms. The fourth-order valence-electron chi connectivity index (χ4n) is 2.17. The Kier molecular flexibility index (Phi) is 4.43. The lowest BCUT2D eigenvalue weighted by Gasteiger charge is -2.07. The molecule has 0 aliphatic rings. The lowest BCUT2D eigenvalue weighted by Crippen LogP contribution is -2.23. The van der Waals surface area contributed by atoms with Crippen molar-refractivity contribution in [2.45, 2.75) is 20.3 Å². The Hall–Kier alpha value is -1.55. The zero-order chi connectivity index (χ0) is 13.8. The first-order valence-electron chi connectivity index (χ1n) is 6.82. The van der Waals surface area contributed by atoms with Crippen molar-refractivity contribution in [1.29, 1.82) is 0 Å². The van der Waals surface area contributed by atoms with Crippen LogP contribution in [-0.4, -0.2) is 29.8 Å². The molecule has 1 aromatic heterocycles. The molecule has 0 radical (unpaired) electrons. The molecule has 0 saturated carbocycles. The van der Waals surface area contributed by atoms with Crippen LogP contribution >= 0.6 is 0 Å². The summed E-state index contributed by atoms with van der Waals surface area (Å²) >= 11 is 0. The first kappa shape index (κ1) is 13.9. The quantitative estimate of drug-likeness (QED) is 0.811. The van der Waals surface area contributed by atoms with Gasteiger partial charge in [0.15, 0.2) is 0 Å². The molecule has 1 aromatic carbocycles. The van der Waals surface area contributed by atoms with Gasteiger partial charge < -0.3 is 14.6 Å². The zero-order valence-electron chi connectivity index (χ0n) is 12.2. The van der Waals surface area contributed by atoms with Crippen LogP contribution in [0.25, 0.3) is 11.0 Å². The third kappa shape index (κ3) is 3.26. The molecule has 0 bridgehead atoms. The zero-order valence-corrected chi connectivity index (χ0v) is 12.2. The smallest absolute Gasteiger partial charge is 0.121 e. The number of fused-ring (bicyclic) bond motifs is 1. The number of benzene rings is 1. The summed E-state index contributed by atoms with van der Waals surface area (Å²) in [5.41, 5.74) is 2.15. The van der Waals surface area contributed by atoms with Crippen LogP contribution in [0, 0.1) is 5.92 Å². The standard InChI is InChI=1S/C15H23N3O/c1-11(2)10-16-8-7-15-17-13-9-12(19-4)5-6-14(13)18(15)3/h5-6,9,11,16H,7-8,10H2,1-4H3. The molecule has 2 aromatic rings. The van der Waals surface area contributed by atoms with E-state index in [1.54, 1.807) is 7.11 Å². The number of aryl methyl sites for hydroxylation is 1.